The Kier molecular flexibility index (Phi) is 4.06. The summed E-state index contributed by atoms with van der Waals surface area (Å²) >= 11 is 4.10. The molecule has 1 aromatic carbocycles. The lowest BCUT2D eigenvalue weighted by atomic mass is 10.0. The fraction of sp³-hybridized carbons (Fsp3) is 0.273. The highest BCUT2D eigenvalue weighted by molar-refractivity contribution is 7.80. The van der Waals surface area contributed by atoms with Gasteiger partial charge in [0.25, 0.3) is 0 Å². The Hall–Kier alpha value is -0.730. The highest BCUT2D eigenvalue weighted by Gasteiger charge is 1.98. The lowest BCUT2D eigenvalue weighted by Crippen LogP contribution is -1.90. The molecule has 0 aliphatic rings. The SMILES string of the molecule is Cc1c(C=CCS)cccc1CO. The Morgan fingerprint density at radius 2 is 2.23 bits per heavy atom. The fourth-order valence-corrected chi connectivity index (χ4v) is 1.34. The van der Waals surface area contributed by atoms with Crippen LogP contribution >= 0.6 is 12.6 Å². The molecule has 0 spiro atoms. The molecule has 0 atom stereocenters. The van der Waals surface area contributed by atoms with Crippen molar-refractivity contribution in [2.24, 2.45) is 0 Å². The molecular formula is C11H14OS. The molecule has 1 aromatic rings. The number of rotatable bonds is 3. The minimum absolute atomic E-state index is 0.106. The van der Waals surface area contributed by atoms with E-state index in [0.29, 0.717) is 0 Å². The van der Waals surface area contributed by atoms with Crippen molar-refractivity contribution >= 4 is 18.7 Å². The predicted octanol–water partition coefficient (Wildman–Crippen LogP) is 2.43. The first kappa shape index (κ1) is 10.4. The Morgan fingerprint density at radius 3 is 2.85 bits per heavy atom. The van der Waals surface area contributed by atoms with E-state index < -0.39 is 0 Å². The maximum Gasteiger partial charge on any atom is 0.0684 e. The molecule has 2 heteroatoms. The summed E-state index contributed by atoms with van der Waals surface area (Å²) in [6.07, 6.45) is 4.02. The largest absolute Gasteiger partial charge is 0.392 e. The summed E-state index contributed by atoms with van der Waals surface area (Å²) in [7, 11) is 0. The smallest absolute Gasteiger partial charge is 0.0684 e. The molecule has 0 aliphatic heterocycles. The van der Waals surface area contributed by atoms with Crippen molar-refractivity contribution in [3.8, 4) is 0 Å². The summed E-state index contributed by atoms with van der Waals surface area (Å²) < 4.78 is 0. The standard InChI is InChI=1S/C11H14OS/c1-9-10(6-3-7-13)4-2-5-11(9)8-12/h2-6,12-13H,7-8H2,1H3. The van der Waals surface area contributed by atoms with Gasteiger partial charge in [0.05, 0.1) is 6.61 Å². The van der Waals surface area contributed by atoms with Crippen molar-refractivity contribution in [3.63, 3.8) is 0 Å². The third kappa shape index (κ3) is 2.61. The van der Waals surface area contributed by atoms with E-state index in [1.807, 2.05) is 37.3 Å². The maximum absolute atomic E-state index is 9.03. The Bertz CT molecular complexity index is 305. The van der Waals surface area contributed by atoms with Gasteiger partial charge in [-0.1, -0.05) is 30.4 Å². The molecule has 1 N–H and O–H groups in total. The van der Waals surface area contributed by atoms with E-state index in [1.54, 1.807) is 0 Å². The highest BCUT2D eigenvalue weighted by Crippen LogP contribution is 2.15. The van der Waals surface area contributed by atoms with Crippen LogP contribution in [0.3, 0.4) is 0 Å². The van der Waals surface area contributed by atoms with E-state index in [-0.39, 0.29) is 6.61 Å². The number of benzene rings is 1. The summed E-state index contributed by atoms with van der Waals surface area (Å²) in [5.74, 6) is 0.739. The molecule has 0 amide bonds. The Morgan fingerprint density at radius 1 is 1.46 bits per heavy atom. The second kappa shape index (κ2) is 5.10. The number of hydrogen-bond acceptors (Lipinski definition) is 2. The number of aliphatic hydroxyl groups is 1. The number of thiol groups is 1. The third-order valence-corrected chi connectivity index (χ3v) is 2.27. The zero-order valence-electron chi connectivity index (χ0n) is 7.70. The van der Waals surface area contributed by atoms with Crippen molar-refractivity contribution in [2.75, 3.05) is 5.75 Å². The van der Waals surface area contributed by atoms with Crippen LogP contribution in [0.1, 0.15) is 16.7 Å². The van der Waals surface area contributed by atoms with E-state index in [9.17, 15) is 0 Å². The maximum atomic E-state index is 9.03. The van der Waals surface area contributed by atoms with Gasteiger partial charge < -0.3 is 5.11 Å². The van der Waals surface area contributed by atoms with Crippen LogP contribution in [0.4, 0.5) is 0 Å². The molecule has 0 unspecified atom stereocenters. The minimum Gasteiger partial charge on any atom is -0.392 e. The average molecular weight is 194 g/mol. The van der Waals surface area contributed by atoms with E-state index in [1.165, 1.54) is 0 Å². The molecule has 0 aromatic heterocycles. The topological polar surface area (TPSA) is 20.2 Å². The van der Waals surface area contributed by atoms with E-state index >= 15 is 0 Å². The van der Waals surface area contributed by atoms with Gasteiger partial charge in [-0.3, -0.25) is 0 Å². The van der Waals surface area contributed by atoms with Gasteiger partial charge in [-0.2, -0.15) is 12.6 Å². The normalized spacial score (nSPS) is 11.0. The molecule has 0 fully saturated rings. The Labute approximate surface area is 84.5 Å². The molecule has 0 bridgehead atoms. The summed E-state index contributed by atoms with van der Waals surface area (Å²) in [5, 5.41) is 9.03. The fourth-order valence-electron chi connectivity index (χ4n) is 1.23. The molecule has 0 heterocycles. The van der Waals surface area contributed by atoms with Crippen LogP contribution in [0.5, 0.6) is 0 Å². The molecule has 70 valence electrons. The van der Waals surface area contributed by atoms with Crippen LogP contribution in [0.15, 0.2) is 24.3 Å². The molecule has 1 rings (SSSR count). The average Bonchev–Trinajstić information content (AvgIpc) is 2.16. The zero-order chi connectivity index (χ0) is 9.68. The van der Waals surface area contributed by atoms with Crippen LogP contribution in [-0.2, 0) is 6.61 Å². The summed E-state index contributed by atoms with van der Waals surface area (Å²) in [5.41, 5.74) is 3.28. The van der Waals surface area contributed by atoms with Crippen molar-refractivity contribution < 1.29 is 5.11 Å². The van der Waals surface area contributed by atoms with Gasteiger partial charge in [-0.05, 0) is 23.6 Å². The van der Waals surface area contributed by atoms with Crippen molar-refractivity contribution in [3.05, 3.63) is 41.0 Å². The van der Waals surface area contributed by atoms with E-state index in [0.717, 1.165) is 22.4 Å². The predicted molar refractivity (Wildman–Crippen MR) is 60.0 cm³/mol. The quantitative estimate of drug-likeness (QED) is 0.708. The first-order chi connectivity index (χ1) is 6.29. The van der Waals surface area contributed by atoms with E-state index in [4.69, 9.17) is 5.11 Å². The van der Waals surface area contributed by atoms with E-state index in [2.05, 4.69) is 12.6 Å². The minimum atomic E-state index is 0.106. The van der Waals surface area contributed by atoms with Crippen LogP contribution in [0.25, 0.3) is 6.08 Å². The van der Waals surface area contributed by atoms with Gasteiger partial charge in [-0.25, -0.2) is 0 Å². The van der Waals surface area contributed by atoms with Crippen molar-refractivity contribution in [1.29, 1.82) is 0 Å². The van der Waals surface area contributed by atoms with Crippen molar-refractivity contribution in [1.82, 2.24) is 0 Å². The van der Waals surface area contributed by atoms with Crippen LogP contribution in [-0.4, -0.2) is 10.9 Å². The molecule has 13 heavy (non-hydrogen) atoms. The second-order valence-electron chi connectivity index (χ2n) is 2.87. The zero-order valence-corrected chi connectivity index (χ0v) is 8.59. The van der Waals surface area contributed by atoms with Gasteiger partial charge in [0.15, 0.2) is 0 Å². The highest BCUT2D eigenvalue weighted by atomic mass is 32.1. The monoisotopic (exact) mass is 194 g/mol. The molecule has 0 radical (unpaired) electrons. The first-order valence-electron chi connectivity index (χ1n) is 4.26. The lowest BCUT2D eigenvalue weighted by Gasteiger charge is -2.05. The molecular weight excluding hydrogens is 180 g/mol. The van der Waals surface area contributed by atoms with Crippen molar-refractivity contribution in [2.45, 2.75) is 13.5 Å². The van der Waals surface area contributed by atoms with Gasteiger partial charge >= 0.3 is 0 Å². The second-order valence-corrected chi connectivity index (χ2v) is 3.24. The van der Waals surface area contributed by atoms with Crippen LogP contribution in [0.2, 0.25) is 0 Å². The van der Waals surface area contributed by atoms with Gasteiger partial charge in [-0.15, -0.1) is 0 Å². The lowest BCUT2D eigenvalue weighted by molar-refractivity contribution is 0.281. The summed E-state index contributed by atoms with van der Waals surface area (Å²) in [4.78, 5) is 0. The molecule has 0 saturated carbocycles. The van der Waals surface area contributed by atoms with Gasteiger partial charge in [0, 0.05) is 5.75 Å². The van der Waals surface area contributed by atoms with Gasteiger partial charge in [0.1, 0.15) is 0 Å². The van der Waals surface area contributed by atoms with Crippen LogP contribution in [0, 0.1) is 6.92 Å². The van der Waals surface area contributed by atoms with Crippen LogP contribution < -0.4 is 0 Å². The number of hydrogen-bond donors (Lipinski definition) is 2. The molecule has 1 nitrogen and oxygen atoms in total. The first-order valence-corrected chi connectivity index (χ1v) is 4.89. The number of aliphatic hydroxyl groups excluding tert-OH is 1. The molecule has 0 saturated heterocycles. The summed E-state index contributed by atoms with van der Waals surface area (Å²) in [6, 6.07) is 5.93. The Balaban J connectivity index is 3.01. The third-order valence-electron chi connectivity index (χ3n) is 2.06. The summed E-state index contributed by atoms with van der Waals surface area (Å²) in [6.45, 7) is 2.12. The molecule has 0 aliphatic carbocycles. The van der Waals surface area contributed by atoms with Gasteiger partial charge in [0.2, 0.25) is 0 Å².